The molecule has 2 aromatic carbocycles. The molecule has 1 saturated heterocycles. The summed E-state index contributed by atoms with van der Waals surface area (Å²) < 4.78 is 19.2. The molecule has 4 aromatic rings. The lowest BCUT2D eigenvalue weighted by molar-refractivity contribution is 0.0570. The number of rotatable bonds is 7. The number of hydrogen-bond acceptors (Lipinski definition) is 10. The Morgan fingerprint density at radius 1 is 1.11 bits per heavy atom. The van der Waals surface area contributed by atoms with Gasteiger partial charge in [0.05, 0.1) is 32.5 Å². The largest absolute Gasteiger partial charge is 0.451 e. The van der Waals surface area contributed by atoms with E-state index in [-0.39, 0.29) is 16.1 Å². The Morgan fingerprint density at radius 3 is 2.57 bits per heavy atom. The third-order valence-corrected chi connectivity index (χ3v) is 8.60. The SMILES string of the molecule is CC(C)(C)N1CCC(N2C=C([C@@H](Nc3cc(Cl)c4ncc(C#N)c(Nc5ccc(F)c(Cl)c5)c4c3)c3cocn3)NN2)CC1. The highest BCUT2D eigenvalue weighted by Gasteiger charge is 2.32. The summed E-state index contributed by atoms with van der Waals surface area (Å²) in [5.41, 5.74) is 10.7. The van der Waals surface area contributed by atoms with Gasteiger partial charge in [-0.15, -0.1) is 5.53 Å². The number of likely N-dealkylation sites (tertiary alicyclic amines) is 1. The lowest BCUT2D eigenvalue weighted by Gasteiger charge is -2.42. The molecule has 0 saturated carbocycles. The number of hydrazine groups is 2. The molecule has 4 N–H and O–H groups in total. The fraction of sp³-hybridized carbons (Fsp3) is 0.323. The van der Waals surface area contributed by atoms with Gasteiger partial charge in [0.2, 0.25) is 0 Å². The molecule has 0 amide bonds. The molecule has 0 radical (unpaired) electrons. The number of piperidine rings is 1. The Morgan fingerprint density at radius 2 is 1.89 bits per heavy atom. The van der Waals surface area contributed by atoms with E-state index in [0.29, 0.717) is 44.7 Å². The molecule has 228 valence electrons. The van der Waals surface area contributed by atoms with Gasteiger partial charge >= 0.3 is 0 Å². The summed E-state index contributed by atoms with van der Waals surface area (Å²) in [5, 5.41) is 19.7. The van der Waals surface area contributed by atoms with Crippen LogP contribution < -0.4 is 21.6 Å². The van der Waals surface area contributed by atoms with E-state index >= 15 is 0 Å². The van der Waals surface area contributed by atoms with Crippen molar-refractivity contribution in [2.24, 2.45) is 0 Å². The van der Waals surface area contributed by atoms with Crippen molar-refractivity contribution in [3.8, 4) is 6.07 Å². The average molecular weight is 637 g/mol. The number of aromatic nitrogens is 2. The average Bonchev–Trinajstić information content (AvgIpc) is 3.71. The Labute approximate surface area is 264 Å². The van der Waals surface area contributed by atoms with Gasteiger partial charge in [0.15, 0.2) is 6.39 Å². The van der Waals surface area contributed by atoms with E-state index < -0.39 is 11.9 Å². The molecule has 0 aliphatic carbocycles. The van der Waals surface area contributed by atoms with Crippen LogP contribution in [0.5, 0.6) is 0 Å². The smallest absolute Gasteiger partial charge is 0.180 e. The number of nitrogens with one attached hydrogen (secondary N) is 4. The van der Waals surface area contributed by atoms with E-state index in [1.54, 1.807) is 18.4 Å². The van der Waals surface area contributed by atoms with Gasteiger partial charge in [-0.2, -0.15) is 5.26 Å². The minimum Gasteiger partial charge on any atom is -0.451 e. The van der Waals surface area contributed by atoms with Crippen LogP contribution in [-0.2, 0) is 0 Å². The first kappa shape index (κ1) is 30.0. The molecule has 10 nitrogen and oxygen atoms in total. The first-order valence-electron chi connectivity index (χ1n) is 14.3. The zero-order chi connectivity index (χ0) is 31.0. The summed E-state index contributed by atoms with van der Waals surface area (Å²) in [4.78, 5) is 11.4. The number of nitriles is 1. The van der Waals surface area contributed by atoms with Gasteiger partial charge in [0.1, 0.15) is 29.9 Å². The molecule has 0 bridgehead atoms. The number of anilines is 3. The Bertz CT molecular complexity index is 1740. The van der Waals surface area contributed by atoms with Crippen LogP contribution in [0.1, 0.15) is 50.9 Å². The maximum Gasteiger partial charge on any atom is 0.180 e. The number of halogens is 3. The van der Waals surface area contributed by atoms with E-state index in [1.807, 2.05) is 6.07 Å². The van der Waals surface area contributed by atoms with Gasteiger partial charge in [-0.1, -0.05) is 23.2 Å². The van der Waals surface area contributed by atoms with Gasteiger partial charge in [0.25, 0.3) is 0 Å². The van der Waals surface area contributed by atoms with Crippen molar-refractivity contribution in [3.63, 3.8) is 0 Å². The van der Waals surface area contributed by atoms with Crippen LogP contribution in [0.15, 0.2) is 65.5 Å². The fourth-order valence-corrected chi connectivity index (χ4v) is 6.07. The second kappa shape index (κ2) is 12.1. The number of hydrogen-bond donors (Lipinski definition) is 4. The maximum absolute atomic E-state index is 13.8. The third kappa shape index (κ3) is 6.12. The minimum absolute atomic E-state index is 0.0394. The lowest BCUT2D eigenvalue weighted by atomic mass is 9.98. The van der Waals surface area contributed by atoms with Crippen LogP contribution in [0.25, 0.3) is 10.9 Å². The van der Waals surface area contributed by atoms with Crippen molar-refractivity contribution >= 4 is 51.2 Å². The van der Waals surface area contributed by atoms with Crippen molar-refractivity contribution < 1.29 is 8.81 Å². The van der Waals surface area contributed by atoms with E-state index in [4.69, 9.17) is 27.6 Å². The zero-order valence-electron chi connectivity index (χ0n) is 24.5. The molecule has 4 heterocycles. The Kier molecular flexibility index (Phi) is 8.26. The van der Waals surface area contributed by atoms with E-state index in [0.717, 1.165) is 31.6 Å². The monoisotopic (exact) mass is 635 g/mol. The highest BCUT2D eigenvalue weighted by Crippen LogP contribution is 2.37. The molecule has 0 unspecified atom stereocenters. The van der Waals surface area contributed by atoms with Crippen molar-refractivity contribution in [2.45, 2.75) is 51.2 Å². The molecule has 13 heteroatoms. The van der Waals surface area contributed by atoms with Crippen LogP contribution >= 0.6 is 23.2 Å². The number of pyridine rings is 1. The molecule has 1 fully saturated rings. The van der Waals surface area contributed by atoms with Crippen LogP contribution in [0.4, 0.5) is 21.5 Å². The molecule has 6 rings (SSSR count). The highest BCUT2D eigenvalue weighted by atomic mass is 35.5. The van der Waals surface area contributed by atoms with Gasteiger partial charge in [0, 0.05) is 53.8 Å². The van der Waals surface area contributed by atoms with E-state index in [1.165, 1.54) is 24.7 Å². The quantitative estimate of drug-likeness (QED) is 0.171. The minimum atomic E-state index is -0.538. The van der Waals surface area contributed by atoms with Crippen molar-refractivity contribution in [3.05, 3.63) is 88.2 Å². The maximum atomic E-state index is 13.8. The number of benzene rings is 2. The second-order valence-corrected chi connectivity index (χ2v) is 12.7. The number of nitrogens with zero attached hydrogens (tertiary/aromatic N) is 5. The molecule has 2 aliphatic heterocycles. The molecule has 1 atom stereocenters. The van der Waals surface area contributed by atoms with E-state index in [2.05, 4.69) is 74.5 Å². The normalized spacial score (nSPS) is 16.8. The van der Waals surface area contributed by atoms with Crippen LogP contribution in [0.3, 0.4) is 0 Å². The third-order valence-electron chi connectivity index (χ3n) is 8.02. The molecule has 0 spiro atoms. The van der Waals surface area contributed by atoms with Gasteiger partial charge in [-0.05, 0) is 63.9 Å². The summed E-state index contributed by atoms with van der Waals surface area (Å²) in [6.45, 7) is 8.80. The van der Waals surface area contributed by atoms with E-state index in [9.17, 15) is 9.65 Å². The lowest BCUT2D eigenvalue weighted by Crippen LogP contribution is -2.52. The standard InChI is InChI=1S/C31H32Cl2FN9O/c1-31(2,3)42-8-6-21(7-9-42)43-15-26(40-41-43)30(27-16-44-17-37-27)39-20-10-22-28(38-19-4-5-25(34)23(32)11-19)18(13-35)14-36-29(22)24(33)12-20/h4-5,10-12,14-17,21,30,39-41H,6-9H2,1-3H3,(H,36,38)/t30-/m1/s1. The second-order valence-electron chi connectivity index (χ2n) is 11.9. The topological polar surface area (TPSA) is 117 Å². The zero-order valence-corrected chi connectivity index (χ0v) is 26.0. The summed E-state index contributed by atoms with van der Waals surface area (Å²) in [5.74, 6) is -0.538. The number of fused-ring (bicyclic) bond motifs is 1. The molecule has 2 aromatic heterocycles. The summed E-state index contributed by atoms with van der Waals surface area (Å²) in [6.07, 6.45) is 8.55. The van der Waals surface area contributed by atoms with Gasteiger partial charge < -0.3 is 20.5 Å². The predicted octanol–water partition coefficient (Wildman–Crippen LogP) is 6.87. The predicted molar refractivity (Wildman–Crippen MR) is 170 cm³/mol. The van der Waals surface area contributed by atoms with Gasteiger partial charge in [-0.3, -0.25) is 14.9 Å². The van der Waals surface area contributed by atoms with Crippen LogP contribution in [0, 0.1) is 17.1 Å². The molecule has 2 aliphatic rings. The molecular weight excluding hydrogens is 604 g/mol. The fourth-order valence-electron chi connectivity index (χ4n) is 5.62. The van der Waals surface area contributed by atoms with Crippen molar-refractivity contribution in [2.75, 3.05) is 23.7 Å². The Hall–Kier alpha value is -4.08. The first-order valence-corrected chi connectivity index (χ1v) is 15.0. The Balaban J connectivity index is 1.31. The summed E-state index contributed by atoms with van der Waals surface area (Å²) in [6, 6.07) is 9.98. The highest BCUT2D eigenvalue weighted by molar-refractivity contribution is 6.36. The summed E-state index contributed by atoms with van der Waals surface area (Å²) >= 11 is 12.8. The summed E-state index contributed by atoms with van der Waals surface area (Å²) in [7, 11) is 0. The van der Waals surface area contributed by atoms with Gasteiger partial charge in [-0.25, -0.2) is 9.37 Å². The first-order chi connectivity index (χ1) is 21.1. The van der Waals surface area contributed by atoms with Crippen molar-refractivity contribution in [1.29, 1.82) is 5.26 Å². The number of oxazole rings is 1. The van der Waals surface area contributed by atoms with Crippen LogP contribution in [0.2, 0.25) is 10.0 Å². The van der Waals surface area contributed by atoms with Crippen molar-refractivity contribution in [1.82, 2.24) is 30.8 Å². The molecule has 44 heavy (non-hydrogen) atoms. The molecular formula is C31H32Cl2FN9O. The van der Waals surface area contributed by atoms with Crippen LogP contribution in [-0.4, -0.2) is 44.5 Å².